The fourth-order valence-electron chi connectivity index (χ4n) is 0.849. The molecule has 0 spiro atoms. The van der Waals surface area contributed by atoms with Crippen molar-refractivity contribution in [3.8, 4) is 0 Å². The highest BCUT2D eigenvalue weighted by atomic mass is 19.4. The Bertz CT molecular complexity index is 243. The molecular weight excluding hydrogens is 254 g/mol. The number of alkyl halides is 6. The average Bonchev–Trinajstić information content (AvgIpc) is 2.12. The Morgan fingerprint density at radius 3 is 1.82 bits per heavy atom. The summed E-state index contributed by atoms with van der Waals surface area (Å²) >= 11 is 0. The van der Waals surface area contributed by atoms with Crippen molar-refractivity contribution >= 4 is 5.97 Å². The van der Waals surface area contributed by atoms with Gasteiger partial charge in [-0.15, -0.1) is 0 Å². The van der Waals surface area contributed by atoms with E-state index in [1.807, 2.05) is 0 Å². The van der Waals surface area contributed by atoms with Crippen molar-refractivity contribution in [2.45, 2.75) is 32.6 Å². The lowest BCUT2D eigenvalue weighted by Gasteiger charge is -2.23. The summed E-state index contributed by atoms with van der Waals surface area (Å²) in [7, 11) is 0. The van der Waals surface area contributed by atoms with E-state index in [1.54, 1.807) is 6.92 Å². The van der Waals surface area contributed by atoms with Crippen molar-refractivity contribution in [3.05, 3.63) is 0 Å². The molecule has 102 valence electrons. The number of halogens is 6. The van der Waals surface area contributed by atoms with Crippen LogP contribution in [0, 0.1) is 11.8 Å². The molecule has 1 unspecified atom stereocenters. The van der Waals surface area contributed by atoms with Crippen molar-refractivity contribution in [2.24, 2.45) is 11.8 Å². The fourth-order valence-corrected chi connectivity index (χ4v) is 0.849. The van der Waals surface area contributed by atoms with Gasteiger partial charge in [0.1, 0.15) is 6.61 Å². The average molecular weight is 266 g/mol. The van der Waals surface area contributed by atoms with Crippen LogP contribution in [0.2, 0.25) is 0 Å². The Kier molecular flexibility index (Phi) is 5.28. The molecule has 0 heterocycles. The van der Waals surface area contributed by atoms with Crippen LogP contribution in [0.3, 0.4) is 0 Å². The molecule has 0 aliphatic heterocycles. The predicted octanol–water partition coefficient (Wildman–Crippen LogP) is 3.32. The largest absolute Gasteiger partial charge is 0.464 e. The first-order valence-electron chi connectivity index (χ1n) is 4.80. The van der Waals surface area contributed by atoms with Crippen LogP contribution in [0.25, 0.3) is 0 Å². The molecule has 0 rings (SSSR count). The van der Waals surface area contributed by atoms with Gasteiger partial charge in [-0.1, -0.05) is 13.8 Å². The predicted molar refractivity (Wildman–Crippen MR) is 46.0 cm³/mol. The summed E-state index contributed by atoms with van der Waals surface area (Å²) in [6.07, 6.45) is -10.7. The summed E-state index contributed by atoms with van der Waals surface area (Å²) in [5.74, 6) is -5.42. The lowest BCUT2D eigenvalue weighted by atomic mass is 10.1. The number of hydrogen-bond donors (Lipinski definition) is 0. The van der Waals surface area contributed by atoms with Crippen LogP contribution in [0.1, 0.15) is 20.3 Å². The van der Waals surface area contributed by atoms with Crippen molar-refractivity contribution < 1.29 is 35.9 Å². The van der Waals surface area contributed by atoms with E-state index in [0.29, 0.717) is 0 Å². The van der Waals surface area contributed by atoms with Gasteiger partial charge >= 0.3 is 18.3 Å². The van der Waals surface area contributed by atoms with E-state index in [1.165, 1.54) is 6.92 Å². The maximum atomic E-state index is 12.0. The molecule has 2 nitrogen and oxygen atoms in total. The van der Waals surface area contributed by atoms with Crippen LogP contribution < -0.4 is 0 Å². The lowest BCUT2D eigenvalue weighted by Crippen LogP contribution is -2.40. The van der Waals surface area contributed by atoms with E-state index in [2.05, 4.69) is 4.74 Å². The number of hydrogen-bond acceptors (Lipinski definition) is 2. The van der Waals surface area contributed by atoms with E-state index in [9.17, 15) is 31.1 Å². The molecule has 0 aliphatic rings. The fraction of sp³-hybridized carbons (Fsp3) is 0.889. The summed E-state index contributed by atoms with van der Waals surface area (Å²) in [5.41, 5.74) is 0. The highest BCUT2D eigenvalue weighted by molar-refractivity contribution is 5.71. The van der Waals surface area contributed by atoms with Crippen LogP contribution in [-0.2, 0) is 9.53 Å². The second-order valence-electron chi connectivity index (χ2n) is 3.58. The highest BCUT2D eigenvalue weighted by Crippen LogP contribution is 2.39. The van der Waals surface area contributed by atoms with Crippen molar-refractivity contribution in [1.29, 1.82) is 0 Å². The molecule has 8 heteroatoms. The highest BCUT2D eigenvalue weighted by Gasteiger charge is 2.57. The van der Waals surface area contributed by atoms with Crippen LogP contribution in [-0.4, -0.2) is 24.9 Å². The van der Waals surface area contributed by atoms with Crippen molar-refractivity contribution in [2.75, 3.05) is 6.61 Å². The van der Waals surface area contributed by atoms with Crippen LogP contribution in [0.5, 0.6) is 0 Å². The molecular formula is C9H12F6O2. The first-order valence-corrected chi connectivity index (χ1v) is 4.80. The van der Waals surface area contributed by atoms with E-state index < -0.39 is 36.8 Å². The van der Waals surface area contributed by atoms with Gasteiger partial charge in [-0.3, -0.25) is 4.79 Å². The third-order valence-corrected chi connectivity index (χ3v) is 2.20. The Morgan fingerprint density at radius 2 is 1.53 bits per heavy atom. The normalized spacial score (nSPS) is 14.9. The number of carbonyl (C=O) groups is 1. The molecule has 0 radical (unpaired) electrons. The van der Waals surface area contributed by atoms with Crippen LogP contribution in [0.4, 0.5) is 26.3 Å². The number of esters is 1. The second-order valence-corrected chi connectivity index (χ2v) is 3.58. The van der Waals surface area contributed by atoms with Gasteiger partial charge in [-0.25, -0.2) is 0 Å². The number of carbonyl (C=O) groups excluding carboxylic acids is 1. The van der Waals surface area contributed by atoms with Gasteiger partial charge in [0, 0.05) is 0 Å². The minimum absolute atomic E-state index is 0.279. The summed E-state index contributed by atoms with van der Waals surface area (Å²) in [5, 5.41) is 0. The Hall–Kier alpha value is -0.950. The molecule has 0 fully saturated rings. The Labute approximate surface area is 93.9 Å². The molecule has 1 atom stereocenters. The zero-order valence-electron chi connectivity index (χ0n) is 9.15. The van der Waals surface area contributed by atoms with E-state index in [4.69, 9.17) is 0 Å². The minimum Gasteiger partial charge on any atom is -0.464 e. The van der Waals surface area contributed by atoms with Crippen molar-refractivity contribution in [1.82, 2.24) is 0 Å². The standard InChI is InChI=1S/C9H12F6O2/c1-3-5(2)7(16)17-4-6(8(10,11)12)9(13,14)15/h5-6H,3-4H2,1-2H3. The minimum atomic E-state index is -5.48. The second kappa shape index (κ2) is 5.59. The quantitative estimate of drug-likeness (QED) is 0.576. The van der Waals surface area contributed by atoms with Gasteiger partial charge in [0.05, 0.1) is 5.92 Å². The van der Waals surface area contributed by atoms with Gasteiger partial charge in [-0.2, -0.15) is 26.3 Å². The maximum absolute atomic E-state index is 12.0. The molecule has 0 amide bonds. The lowest BCUT2D eigenvalue weighted by molar-refractivity contribution is -0.292. The molecule has 17 heavy (non-hydrogen) atoms. The Morgan fingerprint density at radius 1 is 1.12 bits per heavy atom. The van der Waals surface area contributed by atoms with E-state index >= 15 is 0 Å². The topological polar surface area (TPSA) is 26.3 Å². The molecule has 0 aromatic heterocycles. The summed E-state index contributed by atoms with van der Waals surface area (Å²) in [6, 6.07) is 0. The first kappa shape index (κ1) is 16.1. The SMILES string of the molecule is CCC(C)C(=O)OCC(C(F)(F)F)C(F)(F)F. The van der Waals surface area contributed by atoms with Crippen LogP contribution in [0.15, 0.2) is 0 Å². The third-order valence-electron chi connectivity index (χ3n) is 2.20. The van der Waals surface area contributed by atoms with E-state index in [0.717, 1.165) is 0 Å². The van der Waals surface area contributed by atoms with Gasteiger partial charge < -0.3 is 4.74 Å². The van der Waals surface area contributed by atoms with Crippen LogP contribution >= 0.6 is 0 Å². The zero-order valence-corrected chi connectivity index (χ0v) is 9.15. The monoisotopic (exact) mass is 266 g/mol. The van der Waals surface area contributed by atoms with Gasteiger partial charge in [-0.05, 0) is 6.42 Å². The molecule has 0 aromatic carbocycles. The molecule has 0 saturated carbocycles. The van der Waals surface area contributed by atoms with E-state index in [-0.39, 0.29) is 6.42 Å². The van der Waals surface area contributed by atoms with Crippen molar-refractivity contribution in [3.63, 3.8) is 0 Å². The smallest absolute Gasteiger partial charge is 0.403 e. The maximum Gasteiger partial charge on any atom is 0.403 e. The first-order chi connectivity index (χ1) is 7.50. The Balaban J connectivity index is 4.55. The summed E-state index contributed by atoms with van der Waals surface area (Å²) in [6.45, 7) is 1.20. The van der Waals surface area contributed by atoms with Gasteiger partial charge in [0.15, 0.2) is 5.92 Å². The molecule has 0 N–H and O–H groups in total. The molecule has 0 aliphatic carbocycles. The molecule has 0 bridgehead atoms. The summed E-state index contributed by atoms with van der Waals surface area (Å²) < 4.78 is 76.3. The molecule has 0 aromatic rings. The van der Waals surface area contributed by atoms with Gasteiger partial charge in [0.2, 0.25) is 0 Å². The third kappa shape index (κ3) is 5.27. The zero-order chi connectivity index (χ0) is 13.9. The number of ether oxygens (including phenoxy) is 1. The number of rotatable bonds is 4. The molecule has 0 saturated heterocycles. The van der Waals surface area contributed by atoms with Gasteiger partial charge in [0.25, 0.3) is 0 Å². The summed E-state index contributed by atoms with van der Waals surface area (Å²) in [4.78, 5) is 11.0.